The van der Waals surface area contributed by atoms with Gasteiger partial charge in [0.2, 0.25) is 11.8 Å². The molecule has 0 aliphatic carbocycles. The number of fused-ring (bicyclic) bond motifs is 1. The van der Waals surface area contributed by atoms with Crippen molar-refractivity contribution in [2.75, 3.05) is 38.2 Å². The van der Waals surface area contributed by atoms with Crippen molar-refractivity contribution in [3.8, 4) is 0 Å². The first-order valence-electron chi connectivity index (χ1n) is 12.3. The lowest BCUT2D eigenvalue weighted by Crippen LogP contribution is -2.55. The van der Waals surface area contributed by atoms with Gasteiger partial charge in [-0.3, -0.25) is 14.4 Å². The second-order valence-corrected chi connectivity index (χ2v) is 12.3. The van der Waals surface area contributed by atoms with Crippen molar-refractivity contribution < 1.29 is 19.5 Å². The maximum atomic E-state index is 14.4. The number of benzene rings is 1. The molecule has 9 heteroatoms. The molecule has 7 nitrogen and oxygen atoms in total. The number of carbonyl (C=O) groups excluding carboxylic acids is 3. The number of nitrogens with zero attached hydrogens (tertiary/aromatic N) is 3. The summed E-state index contributed by atoms with van der Waals surface area (Å²) >= 11 is 8.12. The Bertz CT molecular complexity index is 1080. The number of aliphatic hydroxyl groups is 1. The number of likely N-dealkylation sites (tertiary alicyclic amines) is 1. The van der Waals surface area contributed by atoms with Crippen molar-refractivity contribution in [3.05, 3.63) is 54.6 Å². The Morgan fingerprint density at radius 2 is 1.92 bits per heavy atom. The highest BCUT2D eigenvalue weighted by molar-refractivity contribution is 8.02. The predicted octanol–water partition coefficient (Wildman–Crippen LogP) is 3.37. The van der Waals surface area contributed by atoms with Gasteiger partial charge in [0, 0.05) is 38.0 Å². The molecule has 3 amide bonds. The highest BCUT2D eigenvalue weighted by Crippen LogP contribution is 2.71. The number of amides is 3. The minimum absolute atomic E-state index is 0.0888. The SMILES string of the molecule is C=CCN(C)C(=O)[C@@H]1[C@H]2C(=O)N(CCCO)C(C(=O)N(CC=C)c3ccccc3Cl)C23CC[C@@]1(C)S3. The number of halogens is 1. The summed E-state index contributed by atoms with van der Waals surface area (Å²) in [6.07, 6.45) is 5.07. The van der Waals surface area contributed by atoms with Crippen LogP contribution < -0.4 is 4.90 Å². The fourth-order valence-corrected chi connectivity index (χ4v) is 8.92. The maximum absolute atomic E-state index is 14.4. The topological polar surface area (TPSA) is 81.2 Å². The number of rotatable bonds is 10. The molecule has 2 unspecified atom stereocenters. The number of thioether (sulfide) groups is 1. The lowest BCUT2D eigenvalue weighted by molar-refractivity contribution is -0.144. The van der Waals surface area contributed by atoms with Crippen LogP contribution in [-0.2, 0) is 14.4 Å². The first-order chi connectivity index (χ1) is 17.2. The van der Waals surface area contributed by atoms with E-state index in [9.17, 15) is 19.5 Å². The van der Waals surface area contributed by atoms with E-state index in [1.54, 1.807) is 63.9 Å². The Kier molecular flexibility index (Phi) is 7.60. The van der Waals surface area contributed by atoms with Crippen LogP contribution in [0, 0.1) is 11.8 Å². The van der Waals surface area contributed by atoms with E-state index in [0.717, 1.165) is 6.42 Å². The third kappa shape index (κ3) is 4.07. The largest absolute Gasteiger partial charge is 0.396 e. The van der Waals surface area contributed by atoms with E-state index in [2.05, 4.69) is 20.1 Å². The Balaban J connectivity index is 1.80. The number of aliphatic hydroxyl groups excluding tert-OH is 1. The molecule has 3 aliphatic rings. The van der Waals surface area contributed by atoms with Crippen LogP contribution >= 0.6 is 23.4 Å². The standard InChI is InChI=1S/C27H34ClN3O4S/c1-5-14-29(4)23(33)20-21-24(34)31(16-9-17-32)22(27(21)13-12-26(20,3)36-27)25(35)30(15-6-2)19-11-8-7-10-18(19)28/h5-8,10-11,20-22,32H,1-2,9,12-17H2,3-4H3/t20-,21-,22?,26+,27?/m0/s1. The van der Waals surface area contributed by atoms with Gasteiger partial charge in [-0.1, -0.05) is 35.9 Å². The molecule has 0 aromatic heterocycles. The molecule has 5 atom stereocenters. The molecule has 0 saturated carbocycles. The fourth-order valence-electron chi connectivity index (χ4n) is 6.34. The van der Waals surface area contributed by atoms with E-state index in [0.29, 0.717) is 30.1 Å². The molecular formula is C27H34ClN3O4S. The molecule has 3 fully saturated rings. The van der Waals surface area contributed by atoms with Crippen molar-refractivity contribution in [3.63, 3.8) is 0 Å². The molecule has 4 rings (SSSR count). The van der Waals surface area contributed by atoms with Gasteiger partial charge < -0.3 is 19.8 Å². The number of para-hydroxylation sites is 1. The number of carbonyl (C=O) groups is 3. The highest BCUT2D eigenvalue weighted by Gasteiger charge is 2.77. The van der Waals surface area contributed by atoms with Gasteiger partial charge in [-0.05, 0) is 38.3 Å². The zero-order valence-electron chi connectivity index (χ0n) is 20.9. The molecular weight excluding hydrogens is 498 g/mol. The molecule has 3 heterocycles. The van der Waals surface area contributed by atoms with Gasteiger partial charge in [-0.15, -0.1) is 24.9 Å². The molecule has 1 aromatic rings. The van der Waals surface area contributed by atoms with E-state index in [4.69, 9.17) is 11.6 Å². The quantitative estimate of drug-likeness (QED) is 0.468. The first kappa shape index (κ1) is 26.8. The minimum atomic E-state index is -0.771. The number of anilines is 1. The van der Waals surface area contributed by atoms with Crippen molar-refractivity contribution in [1.82, 2.24) is 9.80 Å². The van der Waals surface area contributed by atoms with Crippen LogP contribution in [0.25, 0.3) is 0 Å². The molecule has 36 heavy (non-hydrogen) atoms. The lowest BCUT2D eigenvalue weighted by Gasteiger charge is -2.38. The van der Waals surface area contributed by atoms with Gasteiger partial charge in [-0.25, -0.2) is 0 Å². The third-order valence-electron chi connectivity index (χ3n) is 7.83. The average molecular weight is 532 g/mol. The Morgan fingerprint density at radius 3 is 2.56 bits per heavy atom. The van der Waals surface area contributed by atoms with Gasteiger partial charge in [0.05, 0.1) is 27.3 Å². The van der Waals surface area contributed by atoms with Crippen LogP contribution in [0.1, 0.15) is 26.2 Å². The predicted molar refractivity (Wildman–Crippen MR) is 144 cm³/mol. The monoisotopic (exact) mass is 531 g/mol. The summed E-state index contributed by atoms with van der Waals surface area (Å²) in [6, 6.07) is 6.36. The van der Waals surface area contributed by atoms with E-state index in [1.807, 2.05) is 6.07 Å². The molecule has 3 aliphatic heterocycles. The van der Waals surface area contributed by atoms with Gasteiger partial charge in [0.15, 0.2) is 0 Å². The van der Waals surface area contributed by atoms with Crippen LogP contribution in [0.15, 0.2) is 49.6 Å². The fraction of sp³-hybridized carbons (Fsp3) is 0.519. The zero-order chi connectivity index (χ0) is 26.3. The summed E-state index contributed by atoms with van der Waals surface area (Å²) < 4.78 is -1.17. The molecule has 1 N–H and O–H groups in total. The molecule has 3 saturated heterocycles. The smallest absolute Gasteiger partial charge is 0.251 e. The third-order valence-corrected chi connectivity index (χ3v) is 10.1. The summed E-state index contributed by atoms with van der Waals surface area (Å²) in [5.74, 6) is -1.64. The maximum Gasteiger partial charge on any atom is 0.251 e. The number of hydrogen-bond donors (Lipinski definition) is 1. The molecule has 0 radical (unpaired) electrons. The normalized spacial score (nSPS) is 30.3. The first-order valence-corrected chi connectivity index (χ1v) is 13.5. The van der Waals surface area contributed by atoms with Crippen LogP contribution in [-0.4, -0.2) is 81.5 Å². The number of likely N-dealkylation sites (N-methyl/N-ethyl adjacent to an activating group) is 1. The summed E-state index contributed by atoms with van der Waals surface area (Å²) in [5.41, 5.74) is 0.556. The Hall–Kier alpha value is -2.29. The van der Waals surface area contributed by atoms with Gasteiger partial charge in [0.25, 0.3) is 5.91 Å². The molecule has 1 spiro atoms. The lowest BCUT2D eigenvalue weighted by atomic mass is 9.66. The molecule has 194 valence electrons. The van der Waals surface area contributed by atoms with Gasteiger partial charge in [0.1, 0.15) is 6.04 Å². The van der Waals surface area contributed by atoms with Crippen molar-refractivity contribution in [1.29, 1.82) is 0 Å². The average Bonchev–Trinajstić information content (AvgIpc) is 3.41. The second kappa shape index (κ2) is 10.2. The van der Waals surface area contributed by atoms with E-state index < -0.39 is 27.4 Å². The van der Waals surface area contributed by atoms with Gasteiger partial charge in [-0.2, -0.15) is 0 Å². The van der Waals surface area contributed by atoms with Gasteiger partial charge >= 0.3 is 0 Å². The number of hydrogen-bond acceptors (Lipinski definition) is 5. The Labute approximate surface area is 222 Å². The molecule has 1 aromatic carbocycles. The van der Waals surface area contributed by atoms with Crippen molar-refractivity contribution in [2.24, 2.45) is 11.8 Å². The van der Waals surface area contributed by atoms with Crippen LogP contribution in [0.2, 0.25) is 5.02 Å². The summed E-state index contributed by atoms with van der Waals surface area (Å²) in [7, 11) is 1.73. The van der Waals surface area contributed by atoms with Crippen LogP contribution in [0.4, 0.5) is 5.69 Å². The minimum Gasteiger partial charge on any atom is -0.396 e. The van der Waals surface area contributed by atoms with E-state index in [1.165, 1.54) is 0 Å². The van der Waals surface area contributed by atoms with Crippen molar-refractivity contribution in [2.45, 2.75) is 41.7 Å². The van der Waals surface area contributed by atoms with E-state index in [-0.39, 0.29) is 37.4 Å². The summed E-state index contributed by atoms with van der Waals surface area (Å²) in [4.78, 5) is 46.9. The van der Waals surface area contributed by atoms with E-state index >= 15 is 0 Å². The summed E-state index contributed by atoms with van der Waals surface area (Å²) in [6.45, 7) is 10.4. The van der Waals surface area contributed by atoms with Crippen molar-refractivity contribution >= 4 is 46.8 Å². The van der Waals surface area contributed by atoms with Crippen LogP contribution in [0.5, 0.6) is 0 Å². The zero-order valence-corrected chi connectivity index (χ0v) is 22.4. The second-order valence-electron chi connectivity index (χ2n) is 10.0. The molecule has 2 bridgehead atoms. The summed E-state index contributed by atoms with van der Waals surface area (Å²) in [5, 5.41) is 9.98. The Morgan fingerprint density at radius 1 is 1.22 bits per heavy atom. The van der Waals surface area contributed by atoms with Crippen LogP contribution in [0.3, 0.4) is 0 Å². The highest BCUT2D eigenvalue weighted by atomic mass is 35.5.